The van der Waals surface area contributed by atoms with Crippen LogP contribution in [0.1, 0.15) is 6.92 Å². The minimum atomic E-state index is -1.25. The zero-order chi connectivity index (χ0) is 18.5. The second-order valence-electron chi connectivity index (χ2n) is 5.52. The monoisotopic (exact) mass is 368 g/mol. The van der Waals surface area contributed by atoms with Crippen molar-refractivity contribution in [1.82, 2.24) is 15.3 Å². The van der Waals surface area contributed by atoms with E-state index in [1.165, 1.54) is 18.3 Å². The molecule has 0 aliphatic rings. The molecule has 0 radical (unpaired) electrons. The fourth-order valence-electron chi connectivity index (χ4n) is 2.33. The Labute approximate surface area is 153 Å². The Balaban J connectivity index is 1.76. The van der Waals surface area contributed by atoms with Gasteiger partial charge in [0.1, 0.15) is 6.04 Å². The van der Waals surface area contributed by atoms with Gasteiger partial charge in [-0.05, 0) is 36.2 Å². The van der Waals surface area contributed by atoms with Gasteiger partial charge in [0.15, 0.2) is 5.13 Å². The molecule has 0 aliphatic heterocycles. The molecule has 0 fully saturated rings. The number of carboxylic acid groups (broad SMARTS) is 1. The van der Waals surface area contributed by atoms with E-state index in [1.807, 2.05) is 41.8 Å². The number of anilines is 1. The van der Waals surface area contributed by atoms with Crippen LogP contribution in [0.15, 0.2) is 54.2 Å². The van der Waals surface area contributed by atoms with E-state index < -0.39 is 18.0 Å². The minimum Gasteiger partial charge on any atom is -0.465 e. The number of benzene rings is 1. The summed E-state index contributed by atoms with van der Waals surface area (Å²) in [5.74, 6) is -0.459. The summed E-state index contributed by atoms with van der Waals surface area (Å²) in [5, 5.41) is 15.6. The summed E-state index contributed by atoms with van der Waals surface area (Å²) in [6.07, 6.45) is 2.23. The smallest absolute Gasteiger partial charge is 0.405 e. The third-order valence-electron chi connectivity index (χ3n) is 3.64. The summed E-state index contributed by atoms with van der Waals surface area (Å²) in [7, 11) is 0. The minimum absolute atomic E-state index is 0.415. The van der Waals surface area contributed by atoms with Crippen molar-refractivity contribution in [3.8, 4) is 22.4 Å². The third-order valence-corrected chi connectivity index (χ3v) is 4.40. The van der Waals surface area contributed by atoms with Gasteiger partial charge in [0.25, 0.3) is 0 Å². The molecule has 0 aliphatic carbocycles. The van der Waals surface area contributed by atoms with Crippen LogP contribution in [0.3, 0.4) is 0 Å². The summed E-state index contributed by atoms with van der Waals surface area (Å²) in [4.78, 5) is 31.0. The lowest BCUT2D eigenvalue weighted by atomic mass is 10.0. The molecule has 1 aromatic carbocycles. The van der Waals surface area contributed by atoms with Crippen LogP contribution >= 0.6 is 11.3 Å². The molecule has 3 aromatic rings. The maximum Gasteiger partial charge on any atom is 0.405 e. The molecule has 8 heteroatoms. The summed E-state index contributed by atoms with van der Waals surface area (Å²) in [6, 6.07) is 10.9. The van der Waals surface area contributed by atoms with Gasteiger partial charge >= 0.3 is 6.09 Å². The first-order valence-electron chi connectivity index (χ1n) is 7.79. The van der Waals surface area contributed by atoms with Gasteiger partial charge in [-0.1, -0.05) is 18.2 Å². The number of aromatic nitrogens is 2. The van der Waals surface area contributed by atoms with Crippen LogP contribution in [0.25, 0.3) is 22.4 Å². The Morgan fingerprint density at radius 1 is 1.12 bits per heavy atom. The number of hydrogen-bond acceptors (Lipinski definition) is 5. The van der Waals surface area contributed by atoms with Crippen LogP contribution in [0.4, 0.5) is 9.93 Å². The topological polar surface area (TPSA) is 104 Å². The number of carbonyl (C=O) groups excluding carboxylic acids is 1. The Morgan fingerprint density at radius 2 is 1.85 bits per heavy atom. The zero-order valence-electron chi connectivity index (χ0n) is 13.8. The summed E-state index contributed by atoms with van der Waals surface area (Å²) < 4.78 is 0. The average molecular weight is 368 g/mol. The molecule has 3 N–H and O–H groups in total. The molecular weight excluding hydrogens is 352 g/mol. The van der Waals surface area contributed by atoms with Gasteiger partial charge in [-0.2, -0.15) is 0 Å². The van der Waals surface area contributed by atoms with E-state index in [2.05, 4.69) is 20.6 Å². The van der Waals surface area contributed by atoms with E-state index in [9.17, 15) is 9.59 Å². The first kappa shape index (κ1) is 17.6. The van der Waals surface area contributed by atoms with Gasteiger partial charge in [0.2, 0.25) is 5.91 Å². The summed E-state index contributed by atoms with van der Waals surface area (Å²) in [5.41, 5.74) is 3.76. The normalized spacial score (nSPS) is 11.6. The second-order valence-corrected chi connectivity index (χ2v) is 6.37. The molecule has 2 aromatic heterocycles. The summed E-state index contributed by atoms with van der Waals surface area (Å²) >= 11 is 1.28. The van der Waals surface area contributed by atoms with Crippen molar-refractivity contribution >= 4 is 28.5 Å². The van der Waals surface area contributed by atoms with Crippen LogP contribution in [0.5, 0.6) is 0 Å². The molecule has 26 heavy (non-hydrogen) atoms. The van der Waals surface area contributed by atoms with Gasteiger partial charge in [0, 0.05) is 23.3 Å². The van der Waals surface area contributed by atoms with Crippen molar-refractivity contribution in [2.24, 2.45) is 0 Å². The van der Waals surface area contributed by atoms with Gasteiger partial charge in [-0.3, -0.25) is 9.78 Å². The fourth-order valence-corrected chi connectivity index (χ4v) is 3.05. The SMILES string of the molecule is CC(NC(=O)O)C(=O)Nc1nc(-c2cccc(-c3ccncc3)c2)cs1. The molecule has 2 amide bonds. The van der Waals surface area contributed by atoms with E-state index in [-0.39, 0.29) is 0 Å². The van der Waals surface area contributed by atoms with Gasteiger partial charge in [-0.25, -0.2) is 9.78 Å². The maximum absolute atomic E-state index is 12.0. The number of thiazole rings is 1. The molecule has 2 heterocycles. The Morgan fingerprint density at radius 3 is 2.58 bits per heavy atom. The zero-order valence-corrected chi connectivity index (χ0v) is 14.7. The quantitative estimate of drug-likeness (QED) is 0.640. The number of rotatable bonds is 5. The van der Waals surface area contributed by atoms with Crippen molar-refractivity contribution in [1.29, 1.82) is 0 Å². The van der Waals surface area contributed by atoms with E-state index in [0.29, 0.717) is 5.13 Å². The average Bonchev–Trinajstić information content (AvgIpc) is 3.10. The van der Waals surface area contributed by atoms with E-state index >= 15 is 0 Å². The highest BCUT2D eigenvalue weighted by Crippen LogP contribution is 2.28. The lowest BCUT2D eigenvalue weighted by molar-refractivity contribution is -0.117. The molecule has 3 rings (SSSR count). The number of nitrogens with zero attached hydrogens (tertiary/aromatic N) is 2. The predicted molar refractivity (Wildman–Crippen MR) is 100 cm³/mol. The first-order chi connectivity index (χ1) is 12.5. The number of carbonyl (C=O) groups is 2. The largest absolute Gasteiger partial charge is 0.465 e. The van der Waals surface area contributed by atoms with Gasteiger partial charge < -0.3 is 15.7 Å². The lowest BCUT2D eigenvalue weighted by Gasteiger charge is -2.09. The molecular formula is C18H16N4O3S. The molecule has 1 unspecified atom stereocenters. The molecule has 0 bridgehead atoms. The van der Waals surface area contributed by atoms with E-state index in [4.69, 9.17) is 5.11 Å². The molecule has 132 valence electrons. The van der Waals surface area contributed by atoms with Crippen molar-refractivity contribution in [3.63, 3.8) is 0 Å². The number of pyridine rings is 1. The number of amides is 2. The number of nitrogens with one attached hydrogen (secondary N) is 2. The van der Waals surface area contributed by atoms with Crippen molar-refractivity contribution in [3.05, 3.63) is 54.2 Å². The van der Waals surface area contributed by atoms with Crippen LogP contribution in [-0.4, -0.2) is 33.1 Å². The highest BCUT2D eigenvalue weighted by atomic mass is 32.1. The highest BCUT2D eigenvalue weighted by Gasteiger charge is 2.16. The van der Waals surface area contributed by atoms with Crippen LogP contribution in [-0.2, 0) is 4.79 Å². The standard InChI is InChI=1S/C18H16N4O3S/c1-11(20-18(24)25)16(23)22-17-21-15(10-26-17)14-4-2-3-13(9-14)12-5-7-19-8-6-12/h2-11,20H,1H3,(H,24,25)(H,21,22,23). The van der Waals surface area contributed by atoms with Crippen LogP contribution < -0.4 is 10.6 Å². The van der Waals surface area contributed by atoms with E-state index in [1.54, 1.807) is 12.4 Å². The molecule has 7 nitrogen and oxygen atoms in total. The predicted octanol–water partition coefficient (Wildman–Crippen LogP) is 3.47. The second kappa shape index (κ2) is 7.75. The van der Waals surface area contributed by atoms with Gasteiger partial charge in [-0.15, -0.1) is 11.3 Å². The van der Waals surface area contributed by atoms with Crippen LogP contribution in [0, 0.1) is 0 Å². The maximum atomic E-state index is 12.0. The van der Waals surface area contributed by atoms with Crippen molar-refractivity contribution < 1.29 is 14.7 Å². The Bertz CT molecular complexity index is 927. The molecule has 0 saturated heterocycles. The van der Waals surface area contributed by atoms with Gasteiger partial charge in [0.05, 0.1) is 5.69 Å². The highest BCUT2D eigenvalue weighted by molar-refractivity contribution is 7.14. The third kappa shape index (κ3) is 4.22. The summed E-state index contributed by atoms with van der Waals surface area (Å²) in [6.45, 7) is 1.47. The van der Waals surface area contributed by atoms with E-state index in [0.717, 1.165) is 22.4 Å². The van der Waals surface area contributed by atoms with Crippen LogP contribution in [0.2, 0.25) is 0 Å². The van der Waals surface area contributed by atoms with Crippen molar-refractivity contribution in [2.75, 3.05) is 5.32 Å². The lowest BCUT2D eigenvalue weighted by Crippen LogP contribution is -2.40. The molecule has 0 spiro atoms. The number of hydrogen-bond donors (Lipinski definition) is 3. The fraction of sp³-hybridized carbons (Fsp3) is 0.111. The Kier molecular flexibility index (Phi) is 5.23. The molecule has 1 atom stereocenters. The Hall–Kier alpha value is -3.26. The van der Waals surface area contributed by atoms with Crippen molar-refractivity contribution in [2.45, 2.75) is 13.0 Å². The molecule has 0 saturated carbocycles. The first-order valence-corrected chi connectivity index (χ1v) is 8.67.